The molecule has 5 heteroatoms. The molecule has 0 radical (unpaired) electrons. The summed E-state index contributed by atoms with van der Waals surface area (Å²) in [6.07, 6.45) is 1.68. The Morgan fingerprint density at radius 1 is 1.83 bits per heavy atom. The quantitative estimate of drug-likeness (QED) is 0.755. The Morgan fingerprint density at radius 3 is 2.92 bits per heavy atom. The van der Waals surface area contributed by atoms with Gasteiger partial charge in [-0.15, -0.1) is 0 Å². The zero-order chi connectivity index (χ0) is 9.14. The first-order valence-electron chi connectivity index (χ1n) is 3.34. The third kappa shape index (κ3) is 1.84. The number of halogens is 1. The molecule has 0 amide bonds. The van der Waals surface area contributed by atoms with Gasteiger partial charge in [0.25, 0.3) is 0 Å². The van der Waals surface area contributed by atoms with E-state index in [1.165, 1.54) is 18.6 Å². The average molecular weight is 250 g/mol. The SMILES string of the molecule is COC(=O)C(C)c1sncc1Br. The molecule has 1 aromatic rings. The van der Waals surface area contributed by atoms with Gasteiger partial charge >= 0.3 is 5.97 Å². The van der Waals surface area contributed by atoms with E-state index in [2.05, 4.69) is 25.0 Å². The van der Waals surface area contributed by atoms with Gasteiger partial charge < -0.3 is 4.74 Å². The van der Waals surface area contributed by atoms with E-state index in [0.717, 1.165) is 9.35 Å². The van der Waals surface area contributed by atoms with Crippen LogP contribution in [0, 0.1) is 0 Å². The van der Waals surface area contributed by atoms with Crippen LogP contribution < -0.4 is 0 Å². The molecule has 1 aromatic heterocycles. The fourth-order valence-corrected chi connectivity index (χ4v) is 2.27. The van der Waals surface area contributed by atoms with E-state index in [9.17, 15) is 4.79 Å². The lowest BCUT2D eigenvalue weighted by Gasteiger charge is -2.05. The topological polar surface area (TPSA) is 39.2 Å². The molecule has 0 N–H and O–H groups in total. The van der Waals surface area contributed by atoms with E-state index in [-0.39, 0.29) is 11.9 Å². The number of nitrogens with zero attached hydrogens (tertiary/aromatic N) is 1. The lowest BCUT2D eigenvalue weighted by Crippen LogP contribution is -2.09. The fourth-order valence-electron chi connectivity index (χ4n) is 0.806. The van der Waals surface area contributed by atoms with Crippen LogP contribution in [0.15, 0.2) is 10.7 Å². The summed E-state index contributed by atoms with van der Waals surface area (Å²) in [5, 5.41) is 0. The number of hydrogen-bond acceptors (Lipinski definition) is 4. The molecule has 0 aliphatic rings. The summed E-state index contributed by atoms with van der Waals surface area (Å²) in [6, 6.07) is 0. The van der Waals surface area contributed by atoms with Crippen LogP contribution in [0.3, 0.4) is 0 Å². The van der Waals surface area contributed by atoms with E-state index in [1.807, 2.05) is 0 Å². The molecule has 1 unspecified atom stereocenters. The number of carbonyl (C=O) groups is 1. The summed E-state index contributed by atoms with van der Waals surface area (Å²) < 4.78 is 9.42. The van der Waals surface area contributed by atoms with Crippen LogP contribution in [0.25, 0.3) is 0 Å². The maximum atomic E-state index is 11.1. The summed E-state index contributed by atoms with van der Waals surface area (Å²) in [4.78, 5) is 12.0. The van der Waals surface area contributed by atoms with Gasteiger partial charge in [0.05, 0.1) is 28.6 Å². The summed E-state index contributed by atoms with van der Waals surface area (Å²) in [6.45, 7) is 1.80. The average Bonchev–Trinajstić information content (AvgIpc) is 2.48. The molecule has 0 spiro atoms. The van der Waals surface area contributed by atoms with Crippen LogP contribution in [-0.2, 0) is 9.53 Å². The monoisotopic (exact) mass is 249 g/mol. The fraction of sp³-hybridized carbons (Fsp3) is 0.429. The molecule has 1 atom stereocenters. The van der Waals surface area contributed by atoms with E-state index in [1.54, 1.807) is 13.1 Å². The van der Waals surface area contributed by atoms with Crippen molar-refractivity contribution in [3.05, 3.63) is 15.5 Å². The molecule has 12 heavy (non-hydrogen) atoms. The number of esters is 1. The van der Waals surface area contributed by atoms with Gasteiger partial charge in [0.1, 0.15) is 0 Å². The third-order valence-corrected chi connectivity index (χ3v) is 3.38. The van der Waals surface area contributed by atoms with Crippen molar-refractivity contribution in [1.82, 2.24) is 4.37 Å². The van der Waals surface area contributed by atoms with Crippen molar-refractivity contribution in [3.8, 4) is 0 Å². The highest BCUT2D eigenvalue weighted by atomic mass is 79.9. The Hall–Kier alpha value is -0.420. The second-order valence-corrected chi connectivity index (χ2v) is 3.97. The molecular weight excluding hydrogens is 242 g/mol. The molecule has 0 saturated heterocycles. The Labute approximate surface area is 83.0 Å². The van der Waals surface area contributed by atoms with Gasteiger partial charge in [-0.05, 0) is 34.4 Å². The van der Waals surface area contributed by atoms with Crippen molar-refractivity contribution in [2.45, 2.75) is 12.8 Å². The summed E-state index contributed by atoms with van der Waals surface area (Å²) >= 11 is 4.61. The van der Waals surface area contributed by atoms with Gasteiger partial charge in [-0.2, -0.15) is 4.37 Å². The first-order valence-corrected chi connectivity index (χ1v) is 4.91. The normalized spacial score (nSPS) is 12.6. The number of ether oxygens (including phenoxy) is 1. The van der Waals surface area contributed by atoms with Gasteiger partial charge in [0.2, 0.25) is 0 Å². The Morgan fingerprint density at radius 2 is 2.50 bits per heavy atom. The van der Waals surface area contributed by atoms with Gasteiger partial charge in [-0.1, -0.05) is 0 Å². The lowest BCUT2D eigenvalue weighted by atomic mass is 10.1. The van der Waals surface area contributed by atoms with Crippen molar-refractivity contribution in [2.24, 2.45) is 0 Å². The Balaban J connectivity index is 2.84. The van der Waals surface area contributed by atoms with Crippen LogP contribution in [0.5, 0.6) is 0 Å². The predicted molar refractivity (Wildman–Crippen MR) is 50.2 cm³/mol. The predicted octanol–water partition coefficient (Wildman–Crippen LogP) is 2.18. The van der Waals surface area contributed by atoms with E-state index in [4.69, 9.17) is 0 Å². The number of carbonyl (C=O) groups excluding carboxylic acids is 1. The zero-order valence-electron chi connectivity index (χ0n) is 6.70. The maximum absolute atomic E-state index is 11.1. The lowest BCUT2D eigenvalue weighted by molar-refractivity contribution is -0.141. The van der Waals surface area contributed by atoms with Crippen LogP contribution in [-0.4, -0.2) is 17.5 Å². The smallest absolute Gasteiger partial charge is 0.313 e. The molecule has 1 heterocycles. The zero-order valence-corrected chi connectivity index (χ0v) is 9.11. The first kappa shape index (κ1) is 9.67. The van der Waals surface area contributed by atoms with E-state index >= 15 is 0 Å². The highest BCUT2D eigenvalue weighted by Gasteiger charge is 2.19. The minimum atomic E-state index is -0.239. The first-order chi connectivity index (χ1) is 5.66. The maximum Gasteiger partial charge on any atom is 0.313 e. The number of methoxy groups -OCH3 is 1. The largest absolute Gasteiger partial charge is 0.469 e. The highest BCUT2D eigenvalue weighted by molar-refractivity contribution is 9.10. The minimum Gasteiger partial charge on any atom is -0.469 e. The van der Waals surface area contributed by atoms with Crippen molar-refractivity contribution < 1.29 is 9.53 Å². The van der Waals surface area contributed by atoms with Crippen molar-refractivity contribution in [1.29, 1.82) is 0 Å². The third-order valence-electron chi connectivity index (χ3n) is 1.50. The minimum absolute atomic E-state index is 0.236. The van der Waals surface area contributed by atoms with Gasteiger partial charge in [-0.3, -0.25) is 4.79 Å². The van der Waals surface area contributed by atoms with Crippen molar-refractivity contribution in [3.63, 3.8) is 0 Å². The second kappa shape index (κ2) is 4.00. The van der Waals surface area contributed by atoms with E-state index < -0.39 is 0 Å². The number of rotatable bonds is 2. The van der Waals surface area contributed by atoms with Crippen LogP contribution >= 0.6 is 27.5 Å². The van der Waals surface area contributed by atoms with E-state index in [0.29, 0.717) is 0 Å². The summed E-state index contributed by atoms with van der Waals surface area (Å²) in [5.74, 6) is -0.475. The molecule has 3 nitrogen and oxygen atoms in total. The molecule has 0 fully saturated rings. The van der Waals surface area contributed by atoms with Gasteiger partial charge in [0.15, 0.2) is 0 Å². The van der Waals surface area contributed by atoms with Crippen molar-refractivity contribution in [2.75, 3.05) is 7.11 Å². The molecule has 0 aromatic carbocycles. The summed E-state index contributed by atoms with van der Waals surface area (Å²) in [7, 11) is 1.38. The van der Waals surface area contributed by atoms with Crippen molar-refractivity contribution >= 4 is 33.4 Å². The number of aromatic nitrogens is 1. The van der Waals surface area contributed by atoms with Crippen LogP contribution in [0.1, 0.15) is 17.7 Å². The number of hydrogen-bond donors (Lipinski definition) is 0. The van der Waals surface area contributed by atoms with Crippen LogP contribution in [0.4, 0.5) is 0 Å². The molecule has 66 valence electrons. The highest BCUT2D eigenvalue weighted by Crippen LogP contribution is 2.28. The molecule has 0 bridgehead atoms. The standard InChI is InChI=1S/C7H8BrNO2S/c1-4(7(10)11-2)6-5(8)3-9-12-6/h3-4H,1-2H3. The molecule has 1 rings (SSSR count). The second-order valence-electron chi connectivity index (χ2n) is 2.28. The Bertz CT molecular complexity index is 287. The van der Waals surface area contributed by atoms with Gasteiger partial charge in [-0.25, -0.2) is 0 Å². The van der Waals surface area contributed by atoms with Crippen LogP contribution in [0.2, 0.25) is 0 Å². The van der Waals surface area contributed by atoms with Gasteiger partial charge in [0, 0.05) is 0 Å². The molecular formula is C7H8BrNO2S. The molecule has 0 saturated carbocycles. The Kier molecular flexibility index (Phi) is 3.22. The molecule has 0 aliphatic heterocycles. The summed E-state index contributed by atoms with van der Waals surface area (Å²) in [5.41, 5.74) is 0. The molecule has 0 aliphatic carbocycles.